The Balaban J connectivity index is 1.70. The number of ketones is 1. The Morgan fingerprint density at radius 3 is 2.41 bits per heavy atom. The maximum Gasteiger partial charge on any atom is 0.359 e. The number of nitrogens with zero attached hydrogens (tertiary/aromatic N) is 2. The zero-order chi connectivity index (χ0) is 19.4. The molecule has 3 aromatic rings. The lowest BCUT2D eigenvalue weighted by molar-refractivity contribution is -0.123. The van der Waals surface area contributed by atoms with Crippen LogP contribution in [0.2, 0.25) is 0 Å². The van der Waals surface area contributed by atoms with Crippen molar-refractivity contribution in [3.8, 4) is 0 Å². The molecule has 0 fully saturated rings. The first-order valence-electron chi connectivity index (χ1n) is 8.29. The molecule has 0 aliphatic carbocycles. The van der Waals surface area contributed by atoms with E-state index in [9.17, 15) is 14.4 Å². The van der Waals surface area contributed by atoms with E-state index >= 15 is 0 Å². The van der Waals surface area contributed by atoms with Gasteiger partial charge < -0.3 is 10.1 Å². The Kier molecular flexibility index (Phi) is 5.21. The Hall–Kier alpha value is -3.61. The minimum atomic E-state index is -1.08. The molecule has 0 saturated carbocycles. The quantitative estimate of drug-likeness (QED) is 0.553. The average Bonchev–Trinajstić information content (AvgIpc) is 2.67. The zero-order valence-electron chi connectivity index (χ0n) is 14.8. The van der Waals surface area contributed by atoms with E-state index in [1.165, 1.54) is 20.0 Å². The molecule has 0 aliphatic rings. The Morgan fingerprint density at radius 1 is 1.00 bits per heavy atom. The highest BCUT2D eigenvalue weighted by atomic mass is 16.5. The number of amides is 1. The lowest BCUT2D eigenvalue weighted by atomic mass is 10.1. The molecule has 1 heterocycles. The molecule has 27 heavy (non-hydrogen) atoms. The van der Waals surface area contributed by atoms with Crippen molar-refractivity contribution in [2.24, 2.45) is 0 Å². The third-order valence-corrected chi connectivity index (χ3v) is 3.87. The largest absolute Gasteiger partial charge is 0.448 e. The van der Waals surface area contributed by atoms with Crippen LogP contribution in [-0.4, -0.2) is 33.7 Å². The average molecular weight is 363 g/mol. The second-order valence-electron chi connectivity index (χ2n) is 5.88. The summed E-state index contributed by atoms with van der Waals surface area (Å²) in [6, 6.07) is 13.7. The highest BCUT2D eigenvalue weighted by Crippen LogP contribution is 2.16. The fraction of sp³-hybridized carbons (Fsp3) is 0.150. The van der Waals surface area contributed by atoms with E-state index in [4.69, 9.17) is 4.74 Å². The van der Waals surface area contributed by atoms with E-state index < -0.39 is 18.0 Å². The summed E-state index contributed by atoms with van der Waals surface area (Å²) in [7, 11) is 0. The number of rotatable bonds is 5. The lowest BCUT2D eigenvalue weighted by Crippen LogP contribution is -2.30. The number of carbonyl (C=O) groups excluding carboxylic acids is 3. The van der Waals surface area contributed by atoms with Gasteiger partial charge >= 0.3 is 5.97 Å². The molecule has 0 spiro atoms. The molecule has 0 radical (unpaired) electrons. The minimum Gasteiger partial charge on any atom is -0.448 e. The van der Waals surface area contributed by atoms with Gasteiger partial charge in [-0.15, -0.1) is 0 Å². The molecule has 7 nitrogen and oxygen atoms in total. The van der Waals surface area contributed by atoms with Crippen LogP contribution < -0.4 is 5.32 Å². The Labute approximate surface area is 155 Å². The summed E-state index contributed by atoms with van der Waals surface area (Å²) < 4.78 is 5.18. The topological polar surface area (TPSA) is 98.2 Å². The van der Waals surface area contributed by atoms with Crippen molar-refractivity contribution in [2.75, 3.05) is 5.32 Å². The first kappa shape index (κ1) is 18.2. The second-order valence-corrected chi connectivity index (χ2v) is 5.88. The van der Waals surface area contributed by atoms with E-state index in [0.29, 0.717) is 22.3 Å². The summed E-state index contributed by atoms with van der Waals surface area (Å²) >= 11 is 0. The van der Waals surface area contributed by atoms with E-state index in [2.05, 4.69) is 15.3 Å². The molecule has 1 N–H and O–H groups in total. The summed E-state index contributed by atoms with van der Waals surface area (Å²) in [6.07, 6.45) is 0.228. The molecule has 1 aromatic heterocycles. The summed E-state index contributed by atoms with van der Waals surface area (Å²) in [4.78, 5) is 44.6. The lowest BCUT2D eigenvalue weighted by Gasteiger charge is -2.14. The van der Waals surface area contributed by atoms with Crippen molar-refractivity contribution >= 4 is 34.4 Å². The van der Waals surface area contributed by atoms with E-state index in [1.54, 1.807) is 42.5 Å². The Bertz CT molecular complexity index is 1030. The van der Waals surface area contributed by atoms with Gasteiger partial charge in [-0.25, -0.2) is 9.78 Å². The van der Waals surface area contributed by atoms with Crippen molar-refractivity contribution < 1.29 is 19.1 Å². The summed E-state index contributed by atoms with van der Waals surface area (Å²) in [5, 5.41) is 2.61. The number of nitrogens with one attached hydrogen (secondary N) is 1. The van der Waals surface area contributed by atoms with Gasteiger partial charge in [-0.3, -0.25) is 14.6 Å². The minimum absolute atomic E-state index is 0.0116. The molecule has 0 unspecified atom stereocenters. The maximum atomic E-state index is 12.3. The third-order valence-electron chi connectivity index (χ3n) is 3.87. The number of hydrogen-bond donors (Lipinski definition) is 1. The van der Waals surface area contributed by atoms with Gasteiger partial charge in [-0.1, -0.05) is 24.3 Å². The normalized spacial score (nSPS) is 11.6. The fourth-order valence-electron chi connectivity index (χ4n) is 2.46. The van der Waals surface area contributed by atoms with Gasteiger partial charge in [-0.2, -0.15) is 0 Å². The number of benzene rings is 2. The second kappa shape index (κ2) is 7.74. The Morgan fingerprint density at radius 2 is 1.67 bits per heavy atom. The zero-order valence-corrected chi connectivity index (χ0v) is 14.8. The third kappa shape index (κ3) is 4.14. The van der Waals surface area contributed by atoms with Gasteiger partial charge in [0.25, 0.3) is 5.91 Å². The molecule has 0 bridgehead atoms. The van der Waals surface area contributed by atoms with Crippen LogP contribution in [0.1, 0.15) is 34.7 Å². The van der Waals surface area contributed by atoms with E-state index in [0.717, 1.165) is 0 Å². The standard InChI is InChI=1S/C20H17N3O4/c1-12(24)14-7-3-4-8-15(14)23-19(25)13(2)27-20(26)18-11-21-16-9-5-6-10-17(16)22-18/h3-11,13H,1-2H3,(H,23,25)/t13-/m0/s1. The monoisotopic (exact) mass is 363 g/mol. The summed E-state index contributed by atoms with van der Waals surface area (Å²) in [6.45, 7) is 2.85. The van der Waals surface area contributed by atoms with Crippen LogP contribution in [0.3, 0.4) is 0 Å². The predicted molar refractivity (Wildman–Crippen MR) is 99.5 cm³/mol. The fourth-order valence-corrected chi connectivity index (χ4v) is 2.46. The number of esters is 1. The summed E-state index contributed by atoms with van der Waals surface area (Å²) in [5.41, 5.74) is 1.96. The van der Waals surface area contributed by atoms with Crippen LogP contribution in [0.5, 0.6) is 0 Å². The molecule has 2 aromatic carbocycles. The van der Waals surface area contributed by atoms with Crippen molar-refractivity contribution in [3.05, 3.63) is 66.0 Å². The number of carbonyl (C=O) groups is 3. The number of anilines is 1. The first-order valence-corrected chi connectivity index (χ1v) is 8.29. The van der Waals surface area contributed by atoms with Crippen LogP contribution in [-0.2, 0) is 9.53 Å². The predicted octanol–water partition coefficient (Wildman–Crippen LogP) is 3.02. The maximum absolute atomic E-state index is 12.3. The van der Waals surface area contributed by atoms with Crippen molar-refractivity contribution in [3.63, 3.8) is 0 Å². The van der Waals surface area contributed by atoms with Gasteiger partial charge in [0, 0.05) is 5.56 Å². The number of aromatic nitrogens is 2. The number of Topliss-reactive ketones (excluding diaryl/α,β-unsaturated/α-hetero) is 1. The number of fused-ring (bicyclic) bond motifs is 1. The van der Waals surface area contributed by atoms with Gasteiger partial charge in [0.05, 0.1) is 22.9 Å². The van der Waals surface area contributed by atoms with Crippen LogP contribution in [0.25, 0.3) is 11.0 Å². The first-order chi connectivity index (χ1) is 13.0. The van der Waals surface area contributed by atoms with Gasteiger partial charge in [0.1, 0.15) is 0 Å². The molecule has 1 amide bonds. The SMILES string of the molecule is CC(=O)c1ccccc1NC(=O)[C@H](C)OC(=O)c1cnc2ccccc2n1. The molecule has 3 rings (SSSR count). The van der Waals surface area contributed by atoms with Gasteiger partial charge in [-0.05, 0) is 38.1 Å². The molecule has 1 atom stereocenters. The number of hydrogen-bond acceptors (Lipinski definition) is 6. The van der Waals surface area contributed by atoms with Crippen molar-refractivity contribution in [2.45, 2.75) is 20.0 Å². The molecular formula is C20H17N3O4. The van der Waals surface area contributed by atoms with Crippen molar-refractivity contribution in [1.82, 2.24) is 9.97 Å². The number of para-hydroxylation sites is 3. The van der Waals surface area contributed by atoms with E-state index in [-0.39, 0.29) is 11.5 Å². The number of ether oxygens (including phenoxy) is 1. The molecule has 0 saturated heterocycles. The van der Waals surface area contributed by atoms with E-state index in [1.807, 2.05) is 6.07 Å². The van der Waals surface area contributed by atoms with Crippen LogP contribution in [0, 0.1) is 0 Å². The molecule has 0 aliphatic heterocycles. The molecule has 7 heteroatoms. The molecular weight excluding hydrogens is 346 g/mol. The van der Waals surface area contributed by atoms with Crippen LogP contribution >= 0.6 is 0 Å². The summed E-state index contributed by atoms with van der Waals surface area (Å²) in [5.74, 6) is -1.48. The van der Waals surface area contributed by atoms with Crippen LogP contribution in [0.4, 0.5) is 5.69 Å². The smallest absolute Gasteiger partial charge is 0.359 e. The highest BCUT2D eigenvalue weighted by molar-refractivity contribution is 6.05. The highest BCUT2D eigenvalue weighted by Gasteiger charge is 2.21. The van der Waals surface area contributed by atoms with Crippen LogP contribution in [0.15, 0.2) is 54.7 Å². The van der Waals surface area contributed by atoms with Gasteiger partial charge in [0.15, 0.2) is 17.6 Å². The van der Waals surface area contributed by atoms with Gasteiger partial charge in [0.2, 0.25) is 0 Å². The molecule has 136 valence electrons. The van der Waals surface area contributed by atoms with Crippen molar-refractivity contribution in [1.29, 1.82) is 0 Å².